The highest BCUT2D eigenvalue weighted by atomic mass is 16.3. The van der Waals surface area contributed by atoms with Crippen LogP contribution in [0.15, 0.2) is 41.3 Å². The highest BCUT2D eigenvalue weighted by molar-refractivity contribution is 5.96. The van der Waals surface area contributed by atoms with Crippen LogP contribution < -0.4 is 0 Å². The van der Waals surface area contributed by atoms with Gasteiger partial charge in [0.1, 0.15) is 0 Å². The molecule has 4 nitrogen and oxygen atoms in total. The van der Waals surface area contributed by atoms with E-state index in [0.717, 1.165) is 11.3 Å². The summed E-state index contributed by atoms with van der Waals surface area (Å²) in [5.41, 5.74) is 1.82. The molecule has 4 heteroatoms. The van der Waals surface area contributed by atoms with Crippen molar-refractivity contribution >= 4 is 5.78 Å². The lowest BCUT2D eigenvalue weighted by atomic mass is 10.2. The first-order valence-electron chi connectivity index (χ1n) is 5.51. The molecule has 0 atom stereocenters. The number of carbonyl (C=O) groups excluding carboxylic acids is 1. The summed E-state index contributed by atoms with van der Waals surface area (Å²) < 4.78 is 6.84. The van der Waals surface area contributed by atoms with E-state index in [-0.39, 0.29) is 5.78 Å². The maximum Gasteiger partial charge on any atom is 0.193 e. The second kappa shape index (κ2) is 5.01. The predicted octanol–water partition coefficient (Wildman–Crippen LogP) is 1.93. The molecular weight excluding hydrogens is 216 g/mol. The van der Waals surface area contributed by atoms with Crippen molar-refractivity contribution in [2.45, 2.75) is 6.54 Å². The first kappa shape index (κ1) is 11.7. The average Bonchev–Trinajstić information content (AvgIpc) is 2.88. The Bertz CT molecular complexity index is 485. The third-order valence-corrected chi connectivity index (χ3v) is 2.68. The average molecular weight is 232 g/mol. The van der Waals surface area contributed by atoms with Gasteiger partial charge in [0, 0.05) is 25.4 Å². The zero-order valence-electron chi connectivity index (χ0n) is 10.1. The molecule has 0 aliphatic carbocycles. The third kappa shape index (κ3) is 2.85. The van der Waals surface area contributed by atoms with Crippen LogP contribution in [0, 0.1) is 0 Å². The lowest BCUT2D eigenvalue weighted by Gasteiger charge is -2.14. The molecule has 0 aliphatic heterocycles. The largest absolute Gasteiger partial charge is 0.472 e. The molecule has 0 bridgehead atoms. The Morgan fingerprint density at radius 2 is 2.29 bits per heavy atom. The van der Waals surface area contributed by atoms with Crippen LogP contribution in [0.5, 0.6) is 0 Å². The van der Waals surface area contributed by atoms with Gasteiger partial charge in [-0.15, -0.1) is 0 Å². The lowest BCUT2D eigenvalue weighted by molar-refractivity contribution is 0.0935. The molecule has 0 saturated carbocycles. The molecule has 0 aliphatic rings. The number of likely N-dealkylation sites (N-methyl/N-ethyl adjacent to an activating group) is 1. The Morgan fingerprint density at radius 3 is 2.88 bits per heavy atom. The summed E-state index contributed by atoms with van der Waals surface area (Å²) in [6, 6.07) is 5.63. The highest BCUT2D eigenvalue weighted by Crippen LogP contribution is 2.06. The number of hydrogen-bond donors (Lipinski definition) is 0. The molecule has 0 saturated heterocycles. The number of ketones is 1. The van der Waals surface area contributed by atoms with Crippen molar-refractivity contribution < 1.29 is 9.21 Å². The molecular formula is C13H16N2O2. The number of carbonyl (C=O) groups is 1. The Morgan fingerprint density at radius 1 is 1.47 bits per heavy atom. The number of Topliss-reactive ketones (excluding diaryl/α,β-unsaturated/α-hetero) is 1. The molecule has 2 heterocycles. The van der Waals surface area contributed by atoms with E-state index >= 15 is 0 Å². The fourth-order valence-corrected chi connectivity index (χ4v) is 1.83. The Balaban J connectivity index is 1.93. The molecule has 2 aromatic rings. The summed E-state index contributed by atoms with van der Waals surface area (Å²) in [6.45, 7) is 1.12. The maximum atomic E-state index is 12.0. The van der Waals surface area contributed by atoms with Crippen LogP contribution in [0.3, 0.4) is 0 Å². The third-order valence-electron chi connectivity index (χ3n) is 2.68. The fraction of sp³-hybridized carbons (Fsp3) is 0.308. The summed E-state index contributed by atoms with van der Waals surface area (Å²) in [5.74, 6) is 0.128. The molecule has 2 aromatic heterocycles. The van der Waals surface area contributed by atoms with E-state index in [1.54, 1.807) is 12.5 Å². The molecule has 17 heavy (non-hydrogen) atoms. The van der Waals surface area contributed by atoms with Gasteiger partial charge in [-0.05, 0) is 25.2 Å². The van der Waals surface area contributed by atoms with Gasteiger partial charge in [0.2, 0.25) is 0 Å². The Labute approximate surface area is 100 Å². The van der Waals surface area contributed by atoms with Crippen molar-refractivity contribution in [3.05, 3.63) is 48.2 Å². The Hall–Kier alpha value is -1.81. The summed E-state index contributed by atoms with van der Waals surface area (Å²) >= 11 is 0. The van der Waals surface area contributed by atoms with Gasteiger partial charge in [-0.1, -0.05) is 0 Å². The summed E-state index contributed by atoms with van der Waals surface area (Å²) in [7, 11) is 3.80. The van der Waals surface area contributed by atoms with E-state index < -0.39 is 0 Å². The predicted molar refractivity (Wildman–Crippen MR) is 64.8 cm³/mol. The number of aromatic nitrogens is 1. The minimum Gasteiger partial charge on any atom is -0.472 e. The molecule has 0 fully saturated rings. The van der Waals surface area contributed by atoms with Crippen LogP contribution in [0.25, 0.3) is 0 Å². The second-order valence-corrected chi connectivity index (χ2v) is 4.23. The first-order chi connectivity index (χ1) is 8.16. The van der Waals surface area contributed by atoms with Gasteiger partial charge >= 0.3 is 0 Å². The number of furan rings is 1. The zero-order chi connectivity index (χ0) is 12.3. The number of rotatable bonds is 5. The van der Waals surface area contributed by atoms with Crippen LogP contribution in [0.1, 0.15) is 16.1 Å². The van der Waals surface area contributed by atoms with E-state index in [1.165, 1.54) is 0 Å². The van der Waals surface area contributed by atoms with Gasteiger partial charge in [-0.2, -0.15) is 0 Å². The minimum atomic E-state index is 0.128. The van der Waals surface area contributed by atoms with Crippen molar-refractivity contribution in [3.8, 4) is 0 Å². The molecule has 0 aromatic carbocycles. The number of nitrogens with zero attached hydrogens (tertiary/aromatic N) is 2. The van der Waals surface area contributed by atoms with E-state index in [1.807, 2.05) is 48.0 Å². The van der Waals surface area contributed by atoms with Gasteiger partial charge in [0.25, 0.3) is 0 Å². The van der Waals surface area contributed by atoms with Gasteiger partial charge in [-0.25, -0.2) is 0 Å². The summed E-state index contributed by atoms with van der Waals surface area (Å²) in [5, 5.41) is 0. The molecule has 0 unspecified atom stereocenters. The number of hydrogen-bond acceptors (Lipinski definition) is 3. The lowest BCUT2D eigenvalue weighted by Crippen LogP contribution is -2.26. The van der Waals surface area contributed by atoms with Crippen molar-refractivity contribution in [1.82, 2.24) is 9.47 Å². The van der Waals surface area contributed by atoms with Crippen LogP contribution in [0.2, 0.25) is 0 Å². The topological polar surface area (TPSA) is 38.4 Å². The van der Waals surface area contributed by atoms with Crippen LogP contribution in [0.4, 0.5) is 0 Å². The van der Waals surface area contributed by atoms with Crippen LogP contribution in [-0.4, -0.2) is 28.8 Å². The first-order valence-corrected chi connectivity index (χ1v) is 5.51. The SMILES string of the molecule is CN(CC(=O)c1cccn1C)Cc1ccoc1. The van der Waals surface area contributed by atoms with Gasteiger partial charge in [0.15, 0.2) is 5.78 Å². The maximum absolute atomic E-state index is 12.0. The standard InChI is InChI=1S/C13H16N2O2/c1-14(8-11-5-7-17-10-11)9-13(16)12-4-3-6-15(12)2/h3-7,10H,8-9H2,1-2H3. The van der Waals surface area contributed by atoms with Crippen molar-refractivity contribution in [1.29, 1.82) is 0 Å². The van der Waals surface area contributed by atoms with E-state index in [0.29, 0.717) is 13.1 Å². The van der Waals surface area contributed by atoms with E-state index in [2.05, 4.69) is 0 Å². The van der Waals surface area contributed by atoms with Crippen molar-refractivity contribution in [3.63, 3.8) is 0 Å². The molecule has 2 rings (SSSR count). The monoisotopic (exact) mass is 232 g/mol. The second-order valence-electron chi connectivity index (χ2n) is 4.23. The van der Waals surface area contributed by atoms with Crippen molar-refractivity contribution in [2.24, 2.45) is 7.05 Å². The molecule has 0 amide bonds. The summed E-state index contributed by atoms with van der Waals surface area (Å²) in [4.78, 5) is 14.0. The van der Waals surface area contributed by atoms with E-state index in [4.69, 9.17) is 4.42 Å². The molecule has 0 spiro atoms. The van der Waals surface area contributed by atoms with Gasteiger partial charge in [-0.3, -0.25) is 9.69 Å². The molecule has 90 valence electrons. The summed E-state index contributed by atoms with van der Waals surface area (Å²) in [6.07, 6.45) is 5.22. The van der Waals surface area contributed by atoms with Crippen molar-refractivity contribution in [2.75, 3.05) is 13.6 Å². The van der Waals surface area contributed by atoms with Crippen LogP contribution >= 0.6 is 0 Å². The minimum absolute atomic E-state index is 0.128. The van der Waals surface area contributed by atoms with Crippen LogP contribution in [-0.2, 0) is 13.6 Å². The molecule has 0 radical (unpaired) electrons. The quantitative estimate of drug-likeness (QED) is 0.739. The number of aryl methyl sites for hydroxylation is 1. The zero-order valence-corrected chi connectivity index (χ0v) is 10.1. The molecule has 0 N–H and O–H groups in total. The Kier molecular flexibility index (Phi) is 3.44. The normalized spacial score (nSPS) is 11.0. The van der Waals surface area contributed by atoms with E-state index in [9.17, 15) is 4.79 Å². The van der Waals surface area contributed by atoms with Gasteiger partial charge in [0.05, 0.1) is 24.8 Å². The fourth-order valence-electron chi connectivity index (χ4n) is 1.83. The van der Waals surface area contributed by atoms with Gasteiger partial charge < -0.3 is 8.98 Å². The highest BCUT2D eigenvalue weighted by Gasteiger charge is 2.12. The smallest absolute Gasteiger partial charge is 0.193 e.